The zero-order chi connectivity index (χ0) is 18.7. The Bertz CT molecular complexity index is 573. The van der Waals surface area contributed by atoms with Crippen LogP contribution in [0, 0.1) is 5.82 Å². The molecule has 138 valence electrons. The summed E-state index contributed by atoms with van der Waals surface area (Å²) in [6.45, 7) is 15.3. The molecule has 0 bridgehead atoms. The molecule has 0 saturated heterocycles. The molecule has 0 saturated carbocycles. The van der Waals surface area contributed by atoms with E-state index >= 15 is 0 Å². The third kappa shape index (κ3) is 4.72. The van der Waals surface area contributed by atoms with Gasteiger partial charge in [-0.05, 0) is 43.1 Å². The number of aryl methyl sites for hydroxylation is 1. The molecule has 0 heterocycles. The van der Waals surface area contributed by atoms with Gasteiger partial charge in [0.15, 0.2) is 8.32 Å². The van der Waals surface area contributed by atoms with Gasteiger partial charge in [-0.2, -0.15) is 0 Å². The highest BCUT2D eigenvalue weighted by Crippen LogP contribution is 2.39. The number of nitrogens with two attached hydrogens (primary N) is 1. The third-order valence-corrected chi connectivity index (χ3v) is 9.53. The first kappa shape index (κ1) is 21.4. The van der Waals surface area contributed by atoms with E-state index in [1.165, 1.54) is 0 Å². The summed E-state index contributed by atoms with van der Waals surface area (Å²) in [5.74, 6) is -0.00289. The Morgan fingerprint density at radius 2 is 1.88 bits per heavy atom. The number of rotatable bonds is 7. The van der Waals surface area contributed by atoms with Crippen molar-refractivity contribution in [3.63, 3.8) is 0 Å². The van der Waals surface area contributed by atoms with Gasteiger partial charge < -0.3 is 14.9 Å². The topological polar surface area (TPSA) is 44.5 Å². The van der Waals surface area contributed by atoms with Gasteiger partial charge in [0.1, 0.15) is 11.6 Å². The zero-order valence-electron chi connectivity index (χ0n) is 15.9. The molecule has 3 nitrogen and oxygen atoms in total. The average Bonchev–Trinajstić information content (AvgIpc) is 2.47. The van der Waals surface area contributed by atoms with Crippen LogP contribution in [0.25, 0.3) is 0 Å². The summed E-state index contributed by atoms with van der Waals surface area (Å²) in [7, 11) is -1.97. The Morgan fingerprint density at radius 3 is 2.33 bits per heavy atom. The second-order valence-electron chi connectivity index (χ2n) is 7.54. The highest BCUT2D eigenvalue weighted by atomic mass is 35.5. The first-order chi connectivity index (χ1) is 11.0. The van der Waals surface area contributed by atoms with Crippen LogP contribution < -0.4 is 10.5 Å². The van der Waals surface area contributed by atoms with Crippen molar-refractivity contribution < 1.29 is 13.6 Å². The minimum Gasteiger partial charge on any atom is -0.493 e. The van der Waals surface area contributed by atoms with Gasteiger partial charge in [-0.15, -0.1) is 0 Å². The molecule has 1 unspecified atom stereocenters. The van der Waals surface area contributed by atoms with Gasteiger partial charge >= 0.3 is 0 Å². The van der Waals surface area contributed by atoms with Crippen molar-refractivity contribution in [2.75, 3.05) is 13.2 Å². The van der Waals surface area contributed by atoms with Crippen LogP contribution in [0.2, 0.25) is 23.2 Å². The Kier molecular flexibility index (Phi) is 7.29. The summed E-state index contributed by atoms with van der Waals surface area (Å²) >= 11 is 6.06. The van der Waals surface area contributed by atoms with Crippen molar-refractivity contribution in [2.45, 2.75) is 65.2 Å². The van der Waals surface area contributed by atoms with Crippen molar-refractivity contribution >= 4 is 19.9 Å². The lowest BCUT2D eigenvalue weighted by Crippen LogP contribution is -2.42. The number of benzene rings is 1. The zero-order valence-corrected chi connectivity index (χ0v) is 17.7. The molecule has 0 aliphatic rings. The maximum Gasteiger partial charge on any atom is 0.192 e. The van der Waals surface area contributed by atoms with Gasteiger partial charge in [-0.25, -0.2) is 4.39 Å². The predicted octanol–water partition coefficient (Wildman–Crippen LogP) is 5.46. The number of hydrogen-bond donors (Lipinski definition) is 1. The van der Waals surface area contributed by atoms with Gasteiger partial charge in [0, 0.05) is 0 Å². The molecule has 0 aromatic heterocycles. The van der Waals surface area contributed by atoms with Crippen LogP contribution in [0.4, 0.5) is 4.39 Å². The Hall–Kier alpha value is -0.623. The standard InChI is InChI=1S/C18H31ClFNO2Si/c1-8-12-10-13(19)16(20)15(17(12)22-9-2)14(21)11-23-24(6,7)18(3,4)5/h10,14H,8-9,11,21H2,1-7H3. The molecule has 6 heteroatoms. The lowest BCUT2D eigenvalue weighted by atomic mass is 10.0. The normalized spacial score (nSPS) is 13.9. The number of ether oxygens (including phenoxy) is 1. The SMILES string of the molecule is CCOc1c(CC)cc(Cl)c(F)c1C(N)CO[Si](C)(C)C(C)(C)C. The molecule has 0 amide bonds. The summed E-state index contributed by atoms with van der Waals surface area (Å²) in [5.41, 5.74) is 7.47. The van der Waals surface area contributed by atoms with Crippen LogP contribution in [0.5, 0.6) is 5.75 Å². The van der Waals surface area contributed by atoms with Crippen molar-refractivity contribution in [1.82, 2.24) is 0 Å². The fourth-order valence-corrected chi connectivity index (χ4v) is 3.45. The van der Waals surface area contributed by atoms with Crippen LogP contribution in [0.15, 0.2) is 6.07 Å². The molecule has 1 aromatic carbocycles. The molecule has 1 atom stereocenters. The molecule has 0 spiro atoms. The molecule has 0 aliphatic heterocycles. The highest BCUT2D eigenvalue weighted by Gasteiger charge is 2.38. The van der Waals surface area contributed by atoms with Gasteiger partial charge in [-0.3, -0.25) is 0 Å². The highest BCUT2D eigenvalue weighted by molar-refractivity contribution is 6.74. The van der Waals surface area contributed by atoms with E-state index in [1.807, 2.05) is 13.8 Å². The summed E-state index contributed by atoms with van der Waals surface area (Å²) in [6, 6.07) is 0.997. The molecule has 0 aliphatic carbocycles. The monoisotopic (exact) mass is 375 g/mol. The predicted molar refractivity (Wildman–Crippen MR) is 102 cm³/mol. The van der Waals surface area contributed by atoms with E-state index in [2.05, 4.69) is 33.9 Å². The Balaban J connectivity index is 3.18. The minimum atomic E-state index is -1.97. The minimum absolute atomic E-state index is 0.0664. The molecule has 24 heavy (non-hydrogen) atoms. The Morgan fingerprint density at radius 1 is 1.29 bits per heavy atom. The summed E-state index contributed by atoms with van der Waals surface area (Å²) < 4.78 is 26.5. The van der Waals surface area contributed by atoms with Crippen molar-refractivity contribution in [2.24, 2.45) is 5.73 Å². The van der Waals surface area contributed by atoms with E-state index in [0.29, 0.717) is 24.3 Å². The van der Waals surface area contributed by atoms with E-state index in [0.717, 1.165) is 5.56 Å². The molecule has 1 aromatic rings. The van der Waals surface area contributed by atoms with Gasteiger partial charge in [0.05, 0.1) is 29.8 Å². The quantitative estimate of drug-likeness (QED) is 0.643. The van der Waals surface area contributed by atoms with E-state index in [1.54, 1.807) is 6.07 Å². The van der Waals surface area contributed by atoms with E-state index in [4.69, 9.17) is 26.5 Å². The fourth-order valence-electron chi connectivity index (χ4n) is 2.19. The third-order valence-electron chi connectivity index (χ3n) is 4.75. The number of hydrogen-bond acceptors (Lipinski definition) is 3. The van der Waals surface area contributed by atoms with Crippen LogP contribution in [-0.2, 0) is 10.8 Å². The largest absolute Gasteiger partial charge is 0.493 e. The maximum atomic E-state index is 14.7. The maximum absolute atomic E-state index is 14.7. The van der Waals surface area contributed by atoms with Gasteiger partial charge in [-0.1, -0.05) is 39.3 Å². The fraction of sp³-hybridized carbons (Fsp3) is 0.667. The lowest BCUT2D eigenvalue weighted by molar-refractivity contribution is 0.255. The van der Waals surface area contributed by atoms with Crippen molar-refractivity contribution in [1.29, 1.82) is 0 Å². The smallest absolute Gasteiger partial charge is 0.192 e. The molecule has 0 fully saturated rings. The summed E-state index contributed by atoms with van der Waals surface area (Å²) in [5, 5.41) is 0.143. The van der Waals surface area contributed by atoms with E-state index < -0.39 is 20.2 Å². The molecular formula is C18H31ClFNO2Si. The second kappa shape index (κ2) is 8.17. The Labute approximate surface area is 151 Å². The molecular weight excluding hydrogens is 345 g/mol. The van der Waals surface area contributed by atoms with Crippen LogP contribution in [-0.4, -0.2) is 21.5 Å². The molecule has 2 N–H and O–H groups in total. The lowest BCUT2D eigenvalue weighted by Gasteiger charge is -2.37. The first-order valence-electron chi connectivity index (χ1n) is 8.49. The van der Waals surface area contributed by atoms with Crippen LogP contribution in [0.1, 0.15) is 51.8 Å². The summed E-state index contributed by atoms with van der Waals surface area (Å²) in [6.07, 6.45) is 0.693. The second-order valence-corrected chi connectivity index (χ2v) is 12.8. The average molecular weight is 376 g/mol. The molecule has 0 radical (unpaired) electrons. The van der Waals surface area contributed by atoms with Crippen LogP contribution in [0.3, 0.4) is 0 Å². The van der Waals surface area contributed by atoms with Crippen molar-refractivity contribution in [3.8, 4) is 5.75 Å². The van der Waals surface area contributed by atoms with Crippen LogP contribution >= 0.6 is 11.6 Å². The van der Waals surface area contributed by atoms with E-state index in [9.17, 15) is 4.39 Å². The first-order valence-corrected chi connectivity index (χ1v) is 11.8. The van der Waals surface area contributed by atoms with Gasteiger partial charge in [0.2, 0.25) is 0 Å². The van der Waals surface area contributed by atoms with E-state index in [-0.39, 0.29) is 16.7 Å². The summed E-state index contributed by atoms with van der Waals surface area (Å²) in [4.78, 5) is 0. The molecule has 1 rings (SSSR count). The number of halogens is 2. The van der Waals surface area contributed by atoms with Gasteiger partial charge in [0.25, 0.3) is 0 Å². The van der Waals surface area contributed by atoms with Crippen molar-refractivity contribution in [3.05, 3.63) is 28.0 Å².